The average molecular weight is 155 g/mol. The Morgan fingerprint density at radius 2 is 2.09 bits per heavy atom. The molecule has 62 valence electrons. The van der Waals surface area contributed by atoms with Gasteiger partial charge in [0.05, 0.1) is 6.10 Å². The van der Waals surface area contributed by atoms with E-state index in [-0.39, 0.29) is 12.0 Å². The Labute approximate surface area is 66.0 Å². The quantitative estimate of drug-likeness (QED) is 0.534. The van der Waals surface area contributed by atoms with Gasteiger partial charge < -0.3 is 10.0 Å². The minimum atomic E-state index is -0.0934. The molecule has 11 heavy (non-hydrogen) atoms. The molecule has 0 aromatic heterocycles. The molecule has 0 radical (unpaired) electrons. The third-order valence-electron chi connectivity index (χ3n) is 2.84. The van der Waals surface area contributed by atoms with Gasteiger partial charge in [-0.2, -0.15) is 0 Å². The smallest absolute Gasteiger partial charge is 0.219 e. The van der Waals surface area contributed by atoms with E-state index in [0.29, 0.717) is 5.41 Å². The molecule has 2 fully saturated rings. The summed E-state index contributed by atoms with van der Waals surface area (Å²) in [7, 11) is 0. The molecule has 1 saturated carbocycles. The first-order valence-corrected chi connectivity index (χ1v) is 4.05. The monoisotopic (exact) mass is 155 g/mol. The third-order valence-corrected chi connectivity index (χ3v) is 2.84. The lowest BCUT2D eigenvalue weighted by molar-refractivity contribution is -0.160. The van der Waals surface area contributed by atoms with Crippen molar-refractivity contribution in [3.8, 4) is 0 Å². The van der Waals surface area contributed by atoms with Crippen molar-refractivity contribution in [3.05, 3.63) is 0 Å². The number of likely N-dealkylation sites (tertiary alicyclic amines) is 1. The predicted molar refractivity (Wildman–Crippen MR) is 39.9 cm³/mol. The Bertz CT molecular complexity index is 188. The van der Waals surface area contributed by atoms with Crippen LogP contribution < -0.4 is 0 Å². The second-order valence-electron chi connectivity index (χ2n) is 3.94. The lowest BCUT2D eigenvalue weighted by Crippen LogP contribution is -2.64. The number of carbonyl (C=O) groups excluding carboxylic acids is 1. The lowest BCUT2D eigenvalue weighted by Gasteiger charge is -2.57. The molecule has 0 aromatic carbocycles. The van der Waals surface area contributed by atoms with Crippen LogP contribution in [-0.2, 0) is 4.79 Å². The first kappa shape index (κ1) is 7.10. The maximum Gasteiger partial charge on any atom is 0.219 e. The number of hydrogen-bond donors (Lipinski definition) is 1. The number of aliphatic hydroxyl groups is 1. The summed E-state index contributed by atoms with van der Waals surface area (Å²) in [6, 6.07) is 0. The summed E-state index contributed by atoms with van der Waals surface area (Å²) in [5, 5.41) is 9.07. The Hall–Kier alpha value is -0.570. The van der Waals surface area contributed by atoms with Crippen LogP contribution in [-0.4, -0.2) is 35.1 Å². The van der Waals surface area contributed by atoms with E-state index in [1.165, 1.54) is 0 Å². The summed E-state index contributed by atoms with van der Waals surface area (Å²) < 4.78 is 0. The summed E-state index contributed by atoms with van der Waals surface area (Å²) >= 11 is 0. The van der Waals surface area contributed by atoms with Gasteiger partial charge >= 0.3 is 0 Å². The first-order valence-electron chi connectivity index (χ1n) is 4.05. The van der Waals surface area contributed by atoms with E-state index in [0.717, 1.165) is 25.9 Å². The zero-order valence-corrected chi connectivity index (χ0v) is 6.71. The van der Waals surface area contributed by atoms with Crippen LogP contribution in [0.4, 0.5) is 0 Å². The molecule has 1 spiro atoms. The molecule has 3 nitrogen and oxygen atoms in total. The fraction of sp³-hybridized carbons (Fsp3) is 0.875. The second-order valence-corrected chi connectivity index (χ2v) is 3.94. The van der Waals surface area contributed by atoms with E-state index in [4.69, 9.17) is 5.11 Å². The highest BCUT2D eigenvalue weighted by molar-refractivity contribution is 5.74. The van der Waals surface area contributed by atoms with E-state index in [1.54, 1.807) is 6.92 Å². The van der Waals surface area contributed by atoms with Crippen LogP contribution >= 0.6 is 0 Å². The van der Waals surface area contributed by atoms with Gasteiger partial charge in [-0.1, -0.05) is 0 Å². The number of hydrogen-bond acceptors (Lipinski definition) is 2. The van der Waals surface area contributed by atoms with Gasteiger partial charge in [0.15, 0.2) is 0 Å². The highest BCUT2D eigenvalue weighted by atomic mass is 16.3. The minimum absolute atomic E-state index is 0.0934. The van der Waals surface area contributed by atoms with Crippen molar-refractivity contribution < 1.29 is 9.90 Å². The molecule has 2 aliphatic rings. The fourth-order valence-electron chi connectivity index (χ4n) is 2.18. The van der Waals surface area contributed by atoms with Gasteiger partial charge in [-0.3, -0.25) is 4.79 Å². The molecule has 1 heterocycles. The molecule has 1 N–H and O–H groups in total. The van der Waals surface area contributed by atoms with Crippen molar-refractivity contribution in [2.75, 3.05) is 13.1 Å². The molecule has 0 aromatic rings. The topological polar surface area (TPSA) is 40.5 Å². The number of rotatable bonds is 0. The molecular weight excluding hydrogens is 142 g/mol. The van der Waals surface area contributed by atoms with Crippen molar-refractivity contribution >= 4 is 5.91 Å². The van der Waals surface area contributed by atoms with E-state index in [9.17, 15) is 4.79 Å². The number of carbonyl (C=O) groups is 1. The zero-order valence-electron chi connectivity index (χ0n) is 6.71. The summed E-state index contributed by atoms with van der Waals surface area (Å²) in [4.78, 5) is 12.6. The predicted octanol–water partition coefficient (Wildman–Crippen LogP) is -0.0104. The molecule has 0 unspecified atom stereocenters. The van der Waals surface area contributed by atoms with E-state index >= 15 is 0 Å². The normalized spacial score (nSPS) is 28.0. The van der Waals surface area contributed by atoms with Crippen LogP contribution in [0.3, 0.4) is 0 Å². The highest BCUT2D eigenvalue weighted by Gasteiger charge is 2.52. The standard InChI is InChI=1S/C8H13NO2/c1-6(10)9-4-8(5-9)2-7(11)3-8/h7,11H,2-5H2,1H3. The van der Waals surface area contributed by atoms with Crippen molar-refractivity contribution in [2.24, 2.45) is 5.41 Å². The summed E-state index contributed by atoms with van der Waals surface area (Å²) in [6.45, 7) is 3.35. The van der Waals surface area contributed by atoms with Crippen LogP contribution in [0.1, 0.15) is 19.8 Å². The van der Waals surface area contributed by atoms with Crippen molar-refractivity contribution in [2.45, 2.75) is 25.9 Å². The number of amides is 1. The summed E-state index contributed by atoms with van der Waals surface area (Å²) in [5.41, 5.74) is 0.324. The van der Waals surface area contributed by atoms with E-state index in [1.807, 2.05) is 4.90 Å². The van der Waals surface area contributed by atoms with Crippen molar-refractivity contribution in [3.63, 3.8) is 0 Å². The molecular formula is C8H13NO2. The molecule has 1 aliphatic heterocycles. The van der Waals surface area contributed by atoms with Gasteiger partial charge in [-0.25, -0.2) is 0 Å². The van der Waals surface area contributed by atoms with Crippen LogP contribution in [0.5, 0.6) is 0 Å². The van der Waals surface area contributed by atoms with Crippen molar-refractivity contribution in [1.29, 1.82) is 0 Å². The molecule has 1 saturated heterocycles. The van der Waals surface area contributed by atoms with Gasteiger partial charge in [0.25, 0.3) is 0 Å². The lowest BCUT2D eigenvalue weighted by atomic mass is 9.62. The van der Waals surface area contributed by atoms with Gasteiger partial charge in [0.2, 0.25) is 5.91 Å². The molecule has 0 atom stereocenters. The van der Waals surface area contributed by atoms with Crippen LogP contribution in [0.15, 0.2) is 0 Å². The van der Waals surface area contributed by atoms with E-state index in [2.05, 4.69) is 0 Å². The average Bonchev–Trinajstić information content (AvgIpc) is 1.73. The SMILES string of the molecule is CC(=O)N1CC2(CC(O)C2)C1. The molecule has 1 aliphatic carbocycles. The largest absolute Gasteiger partial charge is 0.393 e. The van der Waals surface area contributed by atoms with Gasteiger partial charge in [0.1, 0.15) is 0 Å². The molecule has 1 amide bonds. The second kappa shape index (κ2) is 1.97. The Kier molecular flexibility index (Phi) is 1.27. The number of aliphatic hydroxyl groups excluding tert-OH is 1. The van der Waals surface area contributed by atoms with Crippen LogP contribution in [0.2, 0.25) is 0 Å². The van der Waals surface area contributed by atoms with Crippen LogP contribution in [0, 0.1) is 5.41 Å². The minimum Gasteiger partial charge on any atom is -0.393 e. The molecule has 0 bridgehead atoms. The summed E-state index contributed by atoms with van der Waals surface area (Å²) in [6.07, 6.45) is 1.71. The first-order chi connectivity index (χ1) is 5.11. The molecule has 2 rings (SSSR count). The Balaban J connectivity index is 1.84. The van der Waals surface area contributed by atoms with Gasteiger partial charge in [-0.05, 0) is 12.8 Å². The molecule has 3 heteroatoms. The maximum absolute atomic E-state index is 10.8. The highest BCUT2D eigenvalue weighted by Crippen LogP contribution is 2.48. The maximum atomic E-state index is 10.8. The third kappa shape index (κ3) is 0.948. The van der Waals surface area contributed by atoms with E-state index < -0.39 is 0 Å². The summed E-state index contributed by atoms with van der Waals surface area (Å²) in [5.74, 6) is 0.164. The zero-order chi connectivity index (χ0) is 8.06. The van der Waals surface area contributed by atoms with Gasteiger partial charge in [0, 0.05) is 25.4 Å². The van der Waals surface area contributed by atoms with Crippen molar-refractivity contribution in [1.82, 2.24) is 4.90 Å². The van der Waals surface area contributed by atoms with Crippen LogP contribution in [0.25, 0.3) is 0 Å². The number of nitrogens with zero attached hydrogens (tertiary/aromatic N) is 1. The van der Waals surface area contributed by atoms with Gasteiger partial charge in [-0.15, -0.1) is 0 Å². The Morgan fingerprint density at radius 1 is 1.55 bits per heavy atom. The Morgan fingerprint density at radius 3 is 2.45 bits per heavy atom. The fourth-order valence-corrected chi connectivity index (χ4v) is 2.18.